The van der Waals surface area contributed by atoms with Gasteiger partial charge in [0.25, 0.3) is 0 Å². The van der Waals surface area contributed by atoms with E-state index >= 15 is 0 Å². The molecule has 0 aliphatic heterocycles. The molecule has 0 aromatic carbocycles. The molecule has 1 atom stereocenters. The van der Waals surface area contributed by atoms with E-state index in [9.17, 15) is 9.90 Å². The Morgan fingerprint density at radius 3 is 2.50 bits per heavy atom. The third-order valence-electron chi connectivity index (χ3n) is 3.34. The highest BCUT2D eigenvalue weighted by atomic mass is 16.3. The van der Waals surface area contributed by atoms with Crippen molar-refractivity contribution >= 4 is 5.78 Å². The molecule has 1 fully saturated rings. The summed E-state index contributed by atoms with van der Waals surface area (Å²) in [5.74, 6) is 0.242. The highest BCUT2D eigenvalue weighted by Gasteiger charge is 2.21. The number of carbonyl (C=O) groups excluding carboxylic acids is 1. The summed E-state index contributed by atoms with van der Waals surface area (Å²) < 4.78 is 0. The highest BCUT2D eigenvalue weighted by Crippen LogP contribution is 2.22. The molecule has 3 heteroatoms. The molecule has 1 N–H and O–H groups in total. The molecule has 0 saturated heterocycles. The van der Waals surface area contributed by atoms with Gasteiger partial charge >= 0.3 is 0 Å². The Labute approximate surface area is 98.8 Å². The van der Waals surface area contributed by atoms with E-state index in [0.717, 1.165) is 6.54 Å². The molecule has 0 aromatic rings. The van der Waals surface area contributed by atoms with Crippen molar-refractivity contribution in [2.75, 3.05) is 13.1 Å². The Morgan fingerprint density at radius 1 is 1.38 bits per heavy atom. The Balaban J connectivity index is 2.43. The van der Waals surface area contributed by atoms with Crippen LogP contribution >= 0.6 is 0 Å². The van der Waals surface area contributed by atoms with E-state index in [1.54, 1.807) is 6.92 Å². The van der Waals surface area contributed by atoms with Crippen LogP contribution in [0.2, 0.25) is 0 Å². The summed E-state index contributed by atoms with van der Waals surface area (Å²) in [6.07, 6.45) is 6.70. The van der Waals surface area contributed by atoms with Gasteiger partial charge in [-0.3, -0.25) is 9.69 Å². The van der Waals surface area contributed by atoms with E-state index in [1.165, 1.54) is 32.1 Å². The van der Waals surface area contributed by atoms with Crippen LogP contribution in [0, 0.1) is 0 Å². The maximum Gasteiger partial charge on any atom is 0.131 e. The van der Waals surface area contributed by atoms with Crippen molar-refractivity contribution in [2.24, 2.45) is 0 Å². The van der Waals surface area contributed by atoms with Crippen LogP contribution in [0.4, 0.5) is 0 Å². The quantitative estimate of drug-likeness (QED) is 0.754. The third-order valence-corrected chi connectivity index (χ3v) is 3.34. The molecule has 1 aliphatic carbocycles. The van der Waals surface area contributed by atoms with E-state index in [4.69, 9.17) is 0 Å². The first-order chi connectivity index (χ1) is 7.59. The van der Waals surface area contributed by atoms with Crippen molar-refractivity contribution in [3.8, 4) is 0 Å². The maximum absolute atomic E-state index is 11.0. The lowest BCUT2D eigenvalue weighted by atomic mass is 9.93. The molecule has 0 radical (unpaired) electrons. The number of hydrogen-bond donors (Lipinski definition) is 1. The van der Waals surface area contributed by atoms with Gasteiger partial charge in [-0.15, -0.1) is 0 Å². The van der Waals surface area contributed by atoms with Crippen molar-refractivity contribution in [3.05, 3.63) is 0 Å². The van der Waals surface area contributed by atoms with Crippen molar-refractivity contribution in [3.63, 3.8) is 0 Å². The number of aliphatic hydroxyl groups is 1. The molecule has 0 aromatic heterocycles. The molecular weight excluding hydrogens is 202 g/mol. The zero-order chi connectivity index (χ0) is 12.0. The summed E-state index contributed by atoms with van der Waals surface area (Å²) in [6, 6.07) is 0.586. The number of rotatable bonds is 6. The first-order valence-corrected chi connectivity index (χ1v) is 6.51. The molecule has 1 unspecified atom stereocenters. The molecule has 1 rings (SSSR count). The minimum absolute atomic E-state index is 0.242. The minimum Gasteiger partial charge on any atom is -0.392 e. The number of aliphatic hydroxyl groups excluding tert-OH is 1. The van der Waals surface area contributed by atoms with E-state index < -0.39 is 0 Å². The van der Waals surface area contributed by atoms with Gasteiger partial charge in [-0.05, 0) is 26.7 Å². The highest BCUT2D eigenvalue weighted by molar-refractivity contribution is 5.75. The van der Waals surface area contributed by atoms with Gasteiger partial charge in [0.1, 0.15) is 5.78 Å². The first-order valence-electron chi connectivity index (χ1n) is 6.51. The van der Waals surface area contributed by atoms with Crippen LogP contribution in [0.15, 0.2) is 0 Å². The third kappa shape index (κ3) is 5.08. The van der Waals surface area contributed by atoms with Crippen LogP contribution in [0.25, 0.3) is 0 Å². The molecule has 0 heterocycles. The van der Waals surface area contributed by atoms with E-state index in [1.807, 2.05) is 6.92 Å². The van der Waals surface area contributed by atoms with Gasteiger partial charge in [0.05, 0.1) is 6.10 Å². The Morgan fingerprint density at radius 2 is 2.00 bits per heavy atom. The summed E-state index contributed by atoms with van der Waals surface area (Å²) in [4.78, 5) is 13.3. The molecule has 0 bridgehead atoms. The largest absolute Gasteiger partial charge is 0.392 e. The van der Waals surface area contributed by atoms with Gasteiger partial charge in [0, 0.05) is 25.6 Å². The lowest BCUT2D eigenvalue weighted by Gasteiger charge is -2.34. The second-order valence-electron chi connectivity index (χ2n) is 5.09. The Bertz CT molecular complexity index is 210. The molecule has 16 heavy (non-hydrogen) atoms. The molecule has 94 valence electrons. The van der Waals surface area contributed by atoms with Gasteiger partial charge in [-0.2, -0.15) is 0 Å². The van der Waals surface area contributed by atoms with Crippen LogP contribution < -0.4 is 0 Å². The number of hydrogen-bond acceptors (Lipinski definition) is 3. The zero-order valence-electron chi connectivity index (χ0n) is 10.6. The number of carbonyl (C=O) groups is 1. The van der Waals surface area contributed by atoms with Crippen molar-refractivity contribution < 1.29 is 9.90 Å². The van der Waals surface area contributed by atoms with Crippen molar-refractivity contribution in [2.45, 2.75) is 64.5 Å². The van der Waals surface area contributed by atoms with Gasteiger partial charge in [0.15, 0.2) is 0 Å². The van der Waals surface area contributed by atoms with Crippen LogP contribution in [0.5, 0.6) is 0 Å². The fraction of sp³-hybridized carbons (Fsp3) is 0.923. The fourth-order valence-corrected chi connectivity index (χ4v) is 2.51. The fourth-order valence-electron chi connectivity index (χ4n) is 2.51. The van der Waals surface area contributed by atoms with Crippen LogP contribution in [-0.4, -0.2) is 41.0 Å². The van der Waals surface area contributed by atoms with E-state index in [0.29, 0.717) is 19.0 Å². The topological polar surface area (TPSA) is 40.5 Å². The summed E-state index contributed by atoms with van der Waals surface area (Å²) in [5, 5.41) is 9.49. The SMILES string of the molecule is CC(=O)CCN(CC(C)O)C1CCCCC1. The van der Waals surface area contributed by atoms with Gasteiger partial charge in [-0.25, -0.2) is 0 Å². The molecule has 0 amide bonds. The van der Waals surface area contributed by atoms with Crippen LogP contribution in [-0.2, 0) is 4.79 Å². The Hall–Kier alpha value is -0.410. The maximum atomic E-state index is 11.0. The van der Waals surface area contributed by atoms with E-state index in [-0.39, 0.29) is 11.9 Å². The molecule has 3 nitrogen and oxygen atoms in total. The summed E-state index contributed by atoms with van der Waals surface area (Å²) in [5.41, 5.74) is 0. The summed E-state index contributed by atoms with van der Waals surface area (Å²) >= 11 is 0. The standard InChI is InChI=1S/C13H25NO2/c1-11(15)8-9-14(10-12(2)16)13-6-4-3-5-7-13/h12-13,16H,3-10H2,1-2H3. The van der Waals surface area contributed by atoms with Gasteiger partial charge in [-0.1, -0.05) is 19.3 Å². The lowest BCUT2D eigenvalue weighted by Crippen LogP contribution is -2.42. The monoisotopic (exact) mass is 227 g/mol. The minimum atomic E-state index is -0.297. The van der Waals surface area contributed by atoms with Gasteiger partial charge in [0.2, 0.25) is 0 Å². The second-order valence-corrected chi connectivity index (χ2v) is 5.09. The van der Waals surface area contributed by atoms with Crippen molar-refractivity contribution in [1.29, 1.82) is 0 Å². The lowest BCUT2D eigenvalue weighted by molar-refractivity contribution is -0.117. The summed E-state index contributed by atoms with van der Waals surface area (Å²) in [6.45, 7) is 4.98. The average molecular weight is 227 g/mol. The predicted octanol–water partition coefficient (Wildman–Crippen LogP) is 1.98. The predicted molar refractivity (Wildman–Crippen MR) is 65.4 cm³/mol. The first kappa shape index (κ1) is 13.7. The van der Waals surface area contributed by atoms with Crippen LogP contribution in [0.3, 0.4) is 0 Å². The van der Waals surface area contributed by atoms with Gasteiger partial charge < -0.3 is 5.11 Å². The van der Waals surface area contributed by atoms with Crippen LogP contribution in [0.1, 0.15) is 52.4 Å². The second kappa shape index (κ2) is 7.02. The zero-order valence-corrected chi connectivity index (χ0v) is 10.6. The average Bonchev–Trinajstić information content (AvgIpc) is 2.25. The molecular formula is C13H25NO2. The number of ketones is 1. The normalized spacial score (nSPS) is 20.0. The molecule has 0 spiro atoms. The number of Topliss-reactive ketones (excluding diaryl/α,β-unsaturated/α-hetero) is 1. The smallest absolute Gasteiger partial charge is 0.131 e. The molecule has 1 aliphatic rings. The van der Waals surface area contributed by atoms with Crippen molar-refractivity contribution in [1.82, 2.24) is 4.90 Å². The number of nitrogens with zero attached hydrogens (tertiary/aromatic N) is 1. The molecule has 1 saturated carbocycles. The summed E-state index contributed by atoms with van der Waals surface area (Å²) in [7, 11) is 0. The van der Waals surface area contributed by atoms with E-state index in [2.05, 4.69) is 4.90 Å². The Kier molecular flexibility index (Phi) is 5.99.